The van der Waals surface area contributed by atoms with E-state index in [-0.39, 0.29) is 0 Å². The van der Waals surface area contributed by atoms with Gasteiger partial charge in [0.2, 0.25) is 5.91 Å². The Hall–Kier alpha value is -0.570. The summed E-state index contributed by atoms with van der Waals surface area (Å²) in [5, 5.41) is 0. The zero-order chi connectivity index (χ0) is 10.7. The highest BCUT2D eigenvalue weighted by Gasteiger charge is 2.27. The molecule has 3 nitrogen and oxygen atoms in total. The first-order chi connectivity index (χ1) is 7.27. The maximum absolute atomic E-state index is 12.1. The molecule has 0 bridgehead atoms. The maximum atomic E-state index is 12.1. The quantitative estimate of drug-likeness (QED) is 0.713. The minimum Gasteiger partial charge on any atom is -0.342 e. The molecule has 0 unspecified atom stereocenters. The molecule has 0 spiro atoms. The fourth-order valence-corrected chi connectivity index (χ4v) is 2.73. The first-order valence-corrected chi connectivity index (χ1v) is 6.32. The van der Waals surface area contributed by atoms with Gasteiger partial charge in [-0.2, -0.15) is 0 Å². The van der Waals surface area contributed by atoms with Crippen LogP contribution in [-0.4, -0.2) is 29.9 Å². The second kappa shape index (κ2) is 4.97. The van der Waals surface area contributed by atoms with Crippen LogP contribution in [-0.2, 0) is 4.79 Å². The van der Waals surface area contributed by atoms with Crippen LogP contribution in [0.1, 0.15) is 44.9 Å². The molecule has 1 aliphatic heterocycles. The lowest BCUT2D eigenvalue weighted by Crippen LogP contribution is -2.45. The molecule has 0 aromatic heterocycles. The van der Waals surface area contributed by atoms with E-state index in [1.54, 1.807) is 0 Å². The average Bonchev–Trinajstić information content (AvgIpc) is 2.30. The lowest BCUT2D eigenvalue weighted by Gasteiger charge is -2.34. The highest BCUT2D eigenvalue weighted by Crippen LogP contribution is 2.26. The smallest absolute Gasteiger partial charge is 0.225 e. The molecular weight excluding hydrogens is 188 g/mol. The number of carbonyl (C=O) groups is 1. The summed E-state index contributed by atoms with van der Waals surface area (Å²) in [6, 6.07) is 0.320. The Bertz CT molecular complexity index is 216. The number of likely N-dealkylation sites (tertiary alicyclic amines) is 1. The summed E-state index contributed by atoms with van der Waals surface area (Å²) in [5.41, 5.74) is 5.84. The van der Waals surface area contributed by atoms with Crippen molar-refractivity contribution in [2.24, 2.45) is 11.7 Å². The number of hydrogen-bond donors (Lipinski definition) is 1. The van der Waals surface area contributed by atoms with E-state index in [9.17, 15) is 4.79 Å². The number of rotatable bonds is 1. The molecule has 2 rings (SSSR count). The van der Waals surface area contributed by atoms with Gasteiger partial charge in [-0.3, -0.25) is 4.79 Å². The van der Waals surface area contributed by atoms with Gasteiger partial charge < -0.3 is 10.6 Å². The van der Waals surface area contributed by atoms with Crippen LogP contribution in [0.5, 0.6) is 0 Å². The minimum atomic E-state index is 0.320. The molecule has 1 heterocycles. The van der Waals surface area contributed by atoms with Crippen LogP contribution in [0.25, 0.3) is 0 Å². The van der Waals surface area contributed by atoms with Crippen LogP contribution in [0, 0.1) is 5.92 Å². The Labute approximate surface area is 92.0 Å². The van der Waals surface area contributed by atoms with E-state index >= 15 is 0 Å². The normalized spacial score (nSPS) is 25.5. The minimum absolute atomic E-state index is 0.320. The number of piperidine rings is 1. The van der Waals surface area contributed by atoms with Crippen molar-refractivity contribution in [1.29, 1.82) is 0 Å². The van der Waals surface area contributed by atoms with E-state index in [0.29, 0.717) is 17.9 Å². The van der Waals surface area contributed by atoms with Crippen molar-refractivity contribution in [3.63, 3.8) is 0 Å². The highest BCUT2D eigenvalue weighted by molar-refractivity contribution is 5.79. The number of nitrogens with zero attached hydrogens (tertiary/aromatic N) is 1. The van der Waals surface area contributed by atoms with E-state index in [1.165, 1.54) is 19.3 Å². The van der Waals surface area contributed by atoms with Gasteiger partial charge in [0.15, 0.2) is 0 Å². The summed E-state index contributed by atoms with van der Waals surface area (Å²) in [5.74, 6) is 0.731. The van der Waals surface area contributed by atoms with Gasteiger partial charge in [0.1, 0.15) is 0 Å². The van der Waals surface area contributed by atoms with Crippen LogP contribution < -0.4 is 5.73 Å². The molecule has 1 saturated carbocycles. The first-order valence-electron chi connectivity index (χ1n) is 6.32. The largest absolute Gasteiger partial charge is 0.342 e. The molecule has 1 saturated heterocycles. The predicted molar refractivity (Wildman–Crippen MR) is 60.4 cm³/mol. The van der Waals surface area contributed by atoms with Gasteiger partial charge in [0, 0.05) is 25.0 Å². The van der Waals surface area contributed by atoms with Crippen LogP contribution >= 0.6 is 0 Å². The van der Waals surface area contributed by atoms with E-state index in [2.05, 4.69) is 0 Å². The molecule has 2 N–H and O–H groups in total. The Kier molecular flexibility index (Phi) is 3.62. The van der Waals surface area contributed by atoms with Crippen molar-refractivity contribution >= 4 is 5.91 Å². The number of hydrogen-bond acceptors (Lipinski definition) is 2. The van der Waals surface area contributed by atoms with Crippen molar-refractivity contribution in [3.8, 4) is 0 Å². The summed E-state index contributed by atoms with van der Waals surface area (Å²) in [7, 11) is 0. The van der Waals surface area contributed by atoms with Crippen molar-refractivity contribution in [3.05, 3.63) is 0 Å². The highest BCUT2D eigenvalue weighted by atomic mass is 16.2. The summed E-state index contributed by atoms with van der Waals surface area (Å²) in [6.07, 6.45) is 7.99. The monoisotopic (exact) mass is 210 g/mol. The van der Waals surface area contributed by atoms with Crippen molar-refractivity contribution in [1.82, 2.24) is 4.90 Å². The van der Waals surface area contributed by atoms with Crippen LogP contribution in [0.2, 0.25) is 0 Å². The zero-order valence-corrected chi connectivity index (χ0v) is 9.45. The van der Waals surface area contributed by atoms with E-state index in [0.717, 1.165) is 38.8 Å². The topological polar surface area (TPSA) is 46.3 Å². The molecule has 0 radical (unpaired) electrons. The summed E-state index contributed by atoms with van der Waals surface area (Å²) in [4.78, 5) is 14.2. The number of amides is 1. The molecule has 1 aliphatic carbocycles. The summed E-state index contributed by atoms with van der Waals surface area (Å²) < 4.78 is 0. The second-order valence-electron chi connectivity index (χ2n) is 5.00. The third kappa shape index (κ3) is 2.71. The van der Waals surface area contributed by atoms with Crippen molar-refractivity contribution < 1.29 is 4.79 Å². The lowest BCUT2D eigenvalue weighted by molar-refractivity contribution is -0.137. The molecule has 1 amide bonds. The van der Waals surface area contributed by atoms with Crippen molar-refractivity contribution in [2.45, 2.75) is 51.0 Å². The zero-order valence-electron chi connectivity index (χ0n) is 9.45. The Morgan fingerprint density at radius 2 is 1.60 bits per heavy atom. The second-order valence-corrected chi connectivity index (χ2v) is 5.00. The fourth-order valence-electron chi connectivity index (χ4n) is 2.73. The van der Waals surface area contributed by atoms with Crippen LogP contribution in [0.3, 0.4) is 0 Å². The Balaban J connectivity index is 1.84. The van der Waals surface area contributed by atoms with Gasteiger partial charge in [-0.25, -0.2) is 0 Å². The fraction of sp³-hybridized carbons (Fsp3) is 0.917. The summed E-state index contributed by atoms with van der Waals surface area (Å²) in [6.45, 7) is 1.77. The molecule has 0 aromatic rings. The third-order valence-corrected chi connectivity index (χ3v) is 3.81. The molecule has 86 valence electrons. The van der Waals surface area contributed by atoms with E-state index in [4.69, 9.17) is 5.73 Å². The van der Waals surface area contributed by atoms with E-state index < -0.39 is 0 Å². The predicted octanol–water partition coefficient (Wildman–Crippen LogP) is 1.52. The standard InChI is InChI=1S/C12H22N2O/c13-11-6-8-14(9-7-11)12(15)10-4-2-1-3-5-10/h10-11H,1-9,13H2. The molecule has 3 heteroatoms. The van der Waals surface area contributed by atoms with Crippen LogP contribution in [0.4, 0.5) is 0 Å². The van der Waals surface area contributed by atoms with Gasteiger partial charge in [-0.1, -0.05) is 19.3 Å². The SMILES string of the molecule is NC1CCN(C(=O)C2CCCCC2)CC1. The molecule has 0 atom stereocenters. The Morgan fingerprint density at radius 3 is 2.20 bits per heavy atom. The average molecular weight is 210 g/mol. The van der Waals surface area contributed by atoms with Crippen molar-refractivity contribution in [2.75, 3.05) is 13.1 Å². The van der Waals surface area contributed by atoms with Gasteiger partial charge in [-0.05, 0) is 25.7 Å². The first kappa shape index (κ1) is 10.9. The van der Waals surface area contributed by atoms with Gasteiger partial charge in [0.05, 0.1) is 0 Å². The third-order valence-electron chi connectivity index (χ3n) is 3.81. The van der Waals surface area contributed by atoms with Gasteiger partial charge >= 0.3 is 0 Å². The van der Waals surface area contributed by atoms with Gasteiger partial charge in [0.25, 0.3) is 0 Å². The number of nitrogens with two attached hydrogens (primary N) is 1. The number of carbonyl (C=O) groups excluding carboxylic acids is 1. The van der Waals surface area contributed by atoms with E-state index in [1.807, 2.05) is 4.90 Å². The Morgan fingerprint density at radius 1 is 1.00 bits per heavy atom. The molecular formula is C12H22N2O. The molecule has 0 aromatic carbocycles. The lowest BCUT2D eigenvalue weighted by atomic mass is 9.87. The summed E-state index contributed by atoms with van der Waals surface area (Å²) >= 11 is 0. The van der Waals surface area contributed by atoms with Gasteiger partial charge in [-0.15, -0.1) is 0 Å². The molecule has 2 aliphatic rings. The molecule has 15 heavy (non-hydrogen) atoms. The molecule has 2 fully saturated rings. The maximum Gasteiger partial charge on any atom is 0.225 e. The van der Waals surface area contributed by atoms with Crippen LogP contribution in [0.15, 0.2) is 0 Å².